The topological polar surface area (TPSA) is 21.3 Å². The van der Waals surface area contributed by atoms with Crippen molar-refractivity contribution in [2.75, 3.05) is 20.3 Å². The number of unbranched alkanes of at least 4 members (excludes halogenated alkanes) is 2. The van der Waals surface area contributed by atoms with Crippen LogP contribution in [0.15, 0.2) is 30.3 Å². The third kappa shape index (κ3) is 5.53. The van der Waals surface area contributed by atoms with Gasteiger partial charge in [-0.25, -0.2) is 0 Å². The number of benzene rings is 1. The van der Waals surface area contributed by atoms with Gasteiger partial charge in [0, 0.05) is 13.5 Å². The van der Waals surface area contributed by atoms with Gasteiger partial charge in [0.05, 0.1) is 12.6 Å². The molecule has 0 bridgehead atoms. The minimum Gasteiger partial charge on any atom is -0.383 e. The zero-order valence-electron chi connectivity index (χ0n) is 10.5. The summed E-state index contributed by atoms with van der Waals surface area (Å²) in [7, 11) is 1.73. The van der Waals surface area contributed by atoms with Crippen molar-refractivity contribution in [2.24, 2.45) is 0 Å². The van der Waals surface area contributed by atoms with Crippen LogP contribution in [0.5, 0.6) is 0 Å². The molecule has 1 N–H and O–H groups in total. The molecule has 0 spiro atoms. The van der Waals surface area contributed by atoms with Crippen LogP contribution >= 0.6 is 0 Å². The SMILES string of the molecule is C#CCCCCNC(COC)c1ccccc1. The van der Waals surface area contributed by atoms with Gasteiger partial charge in [-0.1, -0.05) is 30.3 Å². The summed E-state index contributed by atoms with van der Waals surface area (Å²) in [5.41, 5.74) is 1.27. The van der Waals surface area contributed by atoms with Gasteiger partial charge in [-0.3, -0.25) is 0 Å². The van der Waals surface area contributed by atoms with Crippen molar-refractivity contribution in [3.8, 4) is 12.3 Å². The van der Waals surface area contributed by atoms with Crippen LogP contribution in [-0.4, -0.2) is 20.3 Å². The van der Waals surface area contributed by atoms with E-state index >= 15 is 0 Å². The number of rotatable bonds is 8. The van der Waals surface area contributed by atoms with Crippen LogP contribution in [-0.2, 0) is 4.74 Å². The van der Waals surface area contributed by atoms with E-state index in [0.717, 1.165) is 25.8 Å². The third-order valence-corrected chi connectivity index (χ3v) is 2.67. The molecule has 0 amide bonds. The lowest BCUT2D eigenvalue weighted by molar-refractivity contribution is 0.167. The molecular formula is C15H21NO. The summed E-state index contributed by atoms with van der Waals surface area (Å²) in [6.45, 7) is 1.67. The summed E-state index contributed by atoms with van der Waals surface area (Å²) >= 11 is 0. The highest BCUT2D eigenvalue weighted by atomic mass is 16.5. The second kappa shape index (κ2) is 8.81. The van der Waals surface area contributed by atoms with E-state index < -0.39 is 0 Å². The van der Waals surface area contributed by atoms with Crippen molar-refractivity contribution in [3.05, 3.63) is 35.9 Å². The second-order valence-corrected chi connectivity index (χ2v) is 4.03. The van der Waals surface area contributed by atoms with E-state index in [2.05, 4.69) is 35.5 Å². The Morgan fingerprint density at radius 2 is 2.06 bits per heavy atom. The Labute approximate surface area is 104 Å². The predicted molar refractivity (Wildman–Crippen MR) is 71.7 cm³/mol. The van der Waals surface area contributed by atoms with E-state index in [-0.39, 0.29) is 6.04 Å². The molecular weight excluding hydrogens is 210 g/mol. The fourth-order valence-electron chi connectivity index (χ4n) is 1.75. The summed E-state index contributed by atoms with van der Waals surface area (Å²) in [6, 6.07) is 10.7. The van der Waals surface area contributed by atoms with Gasteiger partial charge >= 0.3 is 0 Å². The number of ether oxygens (including phenoxy) is 1. The standard InChI is InChI=1S/C15H21NO/c1-3-4-5-9-12-16-15(13-17-2)14-10-7-6-8-11-14/h1,6-8,10-11,15-16H,4-5,9,12-13H2,2H3. The maximum Gasteiger partial charge on any atom is 0.0657 e. The monoisotopic (exact) mass is 231 g/mol. The first-order valence-corrected chi connectivity index (χ1v) is 6.09. The van der Waals surface area contributed by atoms with Crippen molar-refractivity contribution < 1.29 is 4.74 Å². The predicted octanol–water partition coefficient (Wildman–Crippen LogP) is 2.77. The van der Waals surface area contributed by atoms with E-state index in [1.807, 2.05) is 6.07 Å². The van der Waals surface area contributed by atoms with Gasteiger partial charge in [-0.2, -0.15) is 0 Å². The number of hydrogen-bond donors (Lipinski definition) is 1. The quantitative estimate of drug-likeness (QED) is 0.548. The summed E-state index contributed by atoms with van der Waals surface area (Å²) in [5, 5.41) is 3.50. The van der Waals surface area contributed by atoms with Crippen LogP contribution in [0.1, 0.15) is 30.9 Å². The lowest BCUT2D eigenvalue weighted by Gasteiger charge is -2.18. The highest BCUT2D eigenvalue weighted by Crippen LogP contribution is 2.12. The molecule has 0 radical (unpaired) electrons. The molecule has 1 aromatic carbocycles. The fraction of sp³-hybridized carbons (Fsp3) is 0.467. The van der Waals surface area contributed by atoms with Crippen molar-refractivity contribution in [3.63, 3.8) is 0 Å². The molecule has 17 heavy (non-hydrogen) atoms. The number of terminal acetylenes is 1. The van der Waals surface area contributed by atoms with Gasteiger partial charge in [-0.05, 0) is 24.9 Å². The van der Waals surface area contributed by atoms with Crippen molar-refractivity contribution in [2.45, 2.75) is 25.3 Å². The molecule has 1 unspecified atom stereocenters. The average Bonchev–Trinajstić information content (AvgIpc) is 2.38. The molecule has 0 aromatic heterocycles. The number of methoxy groups -OCH3 is 1. The molecule has 1 aromatic rings. The molecule has 0 heterocycles. The summed E-state index contributed by atoms with van der Waals surface area (Å²) in [5.74, 6) is 2.66. The molecule has 0 aliphatic heterocycles. The molecule has 0 aliphatic carbocycles. The summed E-state index contributed by atoms with van der Waals surface area (Å²) in [6.07, 6.45) is 8.27. The minimum absolute atomic E-state index is 0.270. The first-order chi connectivity index (χ1) is 8.38. The third-order valence-electron chi connectivity index (χ3n) is 2.67. The van der Waals surface area contributed by atoms with E-state index in [1.165, 1.54) is 5.56 Å². The zero-order chi connectivity index (χ0) is 12.3. The molecule has 2 heteroatoms. The van der Waals surface area contributed by atoms with E-state index in [9.17, 15) is 0 Å². The molecule has 1 atom stereocenters. The van der Waals surface area contributed by atoms with Crippen molar-refractivity contribution >= 4 is 0 Å². The highest BCUT2D eigenvalue weighted by molar-refractivity contribution is 5.18. The molecule has 92 valence electrons. The van der Waals surface area contributed by atoms with Crippen molar-refractivity contribution in [1.29, 1.82) is 0 Å². The molecule has 0 saturated carbocycles. The van der Waals surface area contributed by atoms with E-state index in [4.69, 9.17) is 11.2 Å². The average molecular weight is 231 g/mol. The lowest BCUT2D eigenvalue weighted by Crippen LogP contribution is -2.26. The van der Waals surface area contributed by atoms with Crippen LogP contribution in [0.3, 0.4) is 0 Å². The Bertz CT molecular complexity index is 329. The smallest absolute Gasteiger partial charge is 0.0657 e. The maximum atomic E-state index is 5.24. The zero-order valence-corrected chi connectivity index (χ0v) is 10.5. The van der Waals surface area contributed by atoms with E-state index in [0.29, 0.717) is 6.61 Å². The Morgan fingerprint density at radius 1 is 1.29 bits per heavy atom. The van der Waals surface area contributed by atoms with Crippen LogP contribution in [0.2, 0.25) is 0 Å². The number of hydrogen-bond acceptors (Lipinski definition) is 2. The minimum atomic E-state index is 0.270. The van der Waals surface area contributed by atoms with Crippen LogP contribution < -0.4 is 5.32 Å². The molecule has 0 aliphatic rings. The first kappa shape index (κ1) is 13.8. The van der Waals surface area contributed by atoms with Crippen molar-refractivity contribution in [1.82, 2.24) is 5.32 Å². The molecule has 0 fully saturated rings. The molecule has 1 rings (SSSR count). The van der Waals surface area contributed by atoms with Gasteiger partial charge in [0.2, 0.25) is 0 Å². The van der Waals surface area contributed by atoms with Gasteiger partial charge < -0.3 is 10.1 Å². The Balaban J connectivity index is 2.37. The van der Waals surface area contributed by atoms with Crippen LogP contribution in [0, 0.1) is 12.3 Å². The highest BCUT2D eigenvalue weighted by Gasteiger charge is 2.09. The number of nitrogens with one attached hydrogen (secondary N) is 1. The van der Waals surface area contributed by atoms with Gasteiger partial charge in [0.1, 0.15) is 0 Å². The molecule has 2 nitrogen and oxygen atoms in total. The largest absolute Gasteiger partial charge is 0.383 e. The summed E-state index contributed by atoms with van der Waals surface area (Å²) < 4.78 is 5.24. The normalized spacial score (nSPS) is 12.0. The van der Waals surface area contributed by atoms with E-state index in [1.54, 1.807) is 7.11 Å². The van der Waals surface area contributed by atoms with Gasteiger partial charge in [-0.15, -0.1) is 12.3 Å². The van der Waals surface area contributed by atoms with Gasteiger partial charge in [0.25, 0.3) is 0 Å². The fourth-order valence-corrected chi connectivity index (χ4v) is 1.75. The maximum absolute atomic E-state index is 5.24. The molecule has 0 saturated heterocycles. The van der Waals surface area contributed by atoms with Crippen LogP contribution in [0.4, 0.5) is 0 Å². The second-order valence-electron chi connectivity index (χ2n) is 4.03. The summed E-state index contributed by atoms with van der Waals surface area (Å²) in [4.78, 5) is 0. The Morgan fingerprint density at radius 3 is 2.71 bits per heavy atom. The Kier molecular flexibility index (Phi) is 7.13. The lowest BCUT2D eigenvalue weighted by atomic mass is 10.1. The van der Waals surface area contributed by atoms with Crippen LogP contribution in [0.25, 0.3) is 0 Å². The first-order valence-electron chi connectivity index (χ1n) is 6.09. The van der Waals surface area contributed by atoms with Gasteiger partial charge in [0.15, 0.2) is 0 Å². The Hall–Kier alpha value is -1.30.